The molecule has 2 aromatic carbocycles. The molecule has 140 valence electrons. The van der Waals surface area contributed by atoms with Crippen LogP contribution in [0.3, 0.4) is 0 Å². The molecule has 2 aromatic rings. The molecule has 1 atom stereocenters. The molecule has 0 aliphatic rings. The van der Waals surface area contributed by atoms with E-state index in [9.17, 15) is 13.2 Å². The molecule has 0 aliphatic carbocycles. The summed E-state index contributed by atoms with van der Waals surface area (Å²) in [5, 5.41) is 0. The molecule has 0 aromatic heterocycles. The number of aryl methyl sites for hydroxylation is 3. The fourth-order valence-corrected chi connectivity index (χ4v) is 3.55. The number of hydrazine groups is 1. The summed E-state index contributed by atoms with van der Waals surface area (Å²) in [6.45, 7) is 8.99. The smallest absolute Gasteiger partial charge is 0.275 e. The molecule has 1 amide bonds. The van der Waals surface area contributed by atoms with Crippen LogP contribution in [0.5, 0.6) is 5.75 Å². The number of sulfonamides is 1. The van der Waals surface area contributed by atoms with Crippen LogP contribution in [0.1, 0.15) is 29.2 Å². The molecule has 0 bridgehead atoms. The lowest BCUT2D eigenvalue weighted by Crippen LogP contribution is -2.47. The fourth-order valence-electron chi connectivity index (χ4n) is 2.47. The lowest BCUT2D eigenvalue weighted by Gasteiger charge is -2.17. The van der Waals surface area contributed by atoms with Crippen LogP contribution in [0, 0.1) is 27.7 Å². The number of carbonyl (C=O) groups excluding carboxylic acids is 1. The van der Waals surface area contributed by atoms with E-state index in [4.69, 9.17) is 4.74 Å². The van der Waals surface area contributed by atoms with E-state index in [0.717, 1.165) is 16.7 Å². The quantitative estimate of drug-likeness (QED) is 0.759. The van der Waals surface area contributed by atoms with Gasteiger partial charge >= 0.3 is 0 Å². The van der Waals surface area contributed by atoms with Crippen molar-refractivity contribution in [3.63, 3.8) is 0 Å². The van der Waals surface area contributed by atoms with E-state index in [2.05, 4.69) is 10.3 Å². The highest BCUT2D eigenvalue weighted by atomic mass is 32.2. The minimum atomic E-state index is -3.86. The van der Waals surface area contributed by atoms with Gasteiger partial charge in [0.2, 0.25) is 0 Å². The first-order valence-electron chi connectivity index (χ1n) is 8.23. The van der Waals surface area contributed by atoms with Gasteiger partial charge in [0.1, 0.15) is 5.75 Å². The molecule has 26 heavy (non-hydrogen) atoms. The Balaban J connectivity index is 2.04. The van der Waals surface area contributed by atoms with Crippen LogP contribution in [-0.4, -0.2) is 20.4 Å². The molecule has 6 nitrogen and oxygen atoms in total. The first-order valence-corrected chi connectivity index (χ1v) is 9.72. The lowest BCUT2D eigenvalue weighted by molar-refractivity contribution is -0.127. The second-order valence-corrected chi connectivity index (χ2v) is 7.97. The third-order valence-electron chi connectivity index (χ3n) is 4.16. The Morgan fingerprint density at radius 1 is 1.04 bits per heavy atom. The van der Waals surface area contributed by atoms with Crippen LogP contribution in [0.25, 0.3) is 0 Å². The highest BCUT2D eigenvalue weighted by Gasteiger charge is 2.21. The normalized spacial score (nSPS) is 12.5. The minimum absolute atomic E-state index is 0.117. The van der Waals surface area contributed by atoms with E-state index in [-0.39, 0.29) is 4.90 Å². The number of benzene rings is 2. The van der Waals surface area contributed by atoms with Crippen LogP contribution in [0.2, 0.25) is 0 Å². The SMILES string of the molecule is Cc1ccc(S(=O)(=O)NNC(=O)[C@@H](C)Oc2cccc(C)c2C)c(C)c1. The Labute approximate surface area is 154 Å². The van der Waals surface area contributed by atoms with Crippen molar-refractivity contribution in [3.8, 4) is 5.75 Å². The molecule has 0 radical (unpaired) electrons. The maximum atomic E-state index is 12.4. The molecule has 7 heteroatoms. The van der Waals surface area contributed by atoms with Crippen molar-refractivity contribution in [1.29, 1.82) is 0 Å². The minimum Gasteiger partial charge on any atom is -0.481 e. The molecule has 0 aliphatic heterocycles. The van der Waals surface area contributed by atoms with E-state index in [1.807, 2.05) is 32.9 Å². The standard InChI is InChI=1S/C19H24N2O4S/c1-12-9-10-18(14(3)11-12)26(23,24)21-20-19(22)16(5)25-17-8-6-7-13(2)15(17)4/h6-11,16,21H,1-5H3,(H,20,22)/t16-/m1/s1. The van der Waals surface area contributed by atoms with Gasteiger partial charge < -0.3 is 4.74 Å². The van der Waals surface area contributed by atoms with Crippen molar-refractivity contribution < 1.29 is 17.9 Å². The second kappa shape index (κ2) is 7.88. The predicted molar refractivity (Wildman–Crippen MR) is 100 cm³/mol. The Bertz CT molecular complexity index is 923. The van der Waals surface area contributed by atoms with Gasteiger partial charge in [-0.3, -0.25) is 10.2 Å². The maximum absolute atomic E-state index is 12.4. The van der Waals surface area contributed by atoms with Gasteiger partial charge in [0, 0.05) is 0 Å². The van der Waals surface area contributed by atoms with Crippen LogP contribution in [0.4, 0.5) is 0 Å². The average molecular weight is 376 g/mol. The van der Waals surface area contributed by atoms with Crippen LogP contribution in [0.15, 0.2) is 41.3 Å². The van der Waals surface area contributed by atoms with Gasteiger partial charge in [0.15, 0.2) is 6.10 Å². The summed E-state index contributed by atoms with van der Waals surface area (Å²) in [5.41, 5.74) is 5.76. The van der Waals surface area contributed by atoms with E-state index in [0.29, 0.717) is 11.3 Å². The van der Waals surface area contributed by atoms with E-state index >= 15 is 0 Å². The highest BCUT2D eigenvalue weighted by Crippen LogP contribution is 2.21. The highest BCUT2D eigenvalue weighted by molar-refractivity contribution is 7.89. The molecule has 0 unspecified atom stereocenters. The zero-order valence-electron chi connectivity index (χ0n) is 15.6. The molecule has 0 saturated heterocycles. The van der Waals surface area contributed by atoms with Gasteiger partial charge in [0.05, 0.1) is 4.90 Å². The number of ether oxygens (including phenoxy) is 1. The summed E-state index contributed by atoms with van der Waals surface area (Å²) < 4.78 is 30.4. The molecule has 2 N–H and O–H groups in total. The first-order chi connectivity index (χ1) is 12.1. The van der Waals surface area contributed by atoms with Gasteiger partial charge in [-0.05, 0) is 63.4 Å². The zero-order chi connectivity index (χ0) is 19.5. The molecular weight excluding hydrogens is 352 g/mol. The van der Waals surface area contributed by atoms with Crippen molar-refractivity contribution in [3.05, 3.63) is 58.7 Å². The van der Waals surface area contributed by atoms with Gasteiger partial charge in [0.25, 0.3) is 15.9 Å². The molecule has 0 spiro atoms. The number of amides is 1. The van der Waals surface area contributed by atoms with Crippen molar-refractivity contribution in [2.75, 3.05) is 0 Å². The summed E-state index contributed by atoms with van der Waals surface area (Å²) in [5.74, 6) is 0.00383. The Morgan fingerprint density at radius 2 is 1.73 bits per heavy atom. The number of carbonyl (C=O) groups is 1. The Kier molecular flexibility index (Phi) is 6.05. The van der Waals surface area contributed by atoms with Crippen molar-refractivity contribution in [2.24, 2.45) is 0 Å². The van der Waals surface area contributed by atoms with Crippen molar-refractivity contribution >= 4 is 15.9 Å². The molecular formula is C19H24N2O4S. The maximum Gasteiger partial charge on any atom is 0.275 e. The number of hydrogen-bond acceptors (Lipinski definition) is 4. The summed E-state index contributed by atoms with van der Waals surface area (Å²) in [4.78, 5) is 14.4. The number of hydrogen-bond donors (Lipinski definition) is 2. The van der Waals surface area contributed by atoms with Crippen molar-refractivity contribution in [2.45, 2.75) is 45.6 Å². The van der Waals surface area contributed by atoms with Gasteiger partial charge in [-0.1, -0.05) is 29.8 Å². The van der Waals surface area contributed by atoms with E-state index in [1.54, 1.807) is 32.0 Å². The van der Waals surface area contributed by atoms with Gasteiger partial charge in [-0.2, -0.15) is 0 Å². The molecule has 2 rings (SSSR count). The summed E-state index contributed by atoms with van der Waals surface area (Å²) in [7, 11) is -3.86. The van der Waals surface area contributed by atoms with E-state index < -0.39 is 22.0 Å². The van der Waals surface area contributed by atoms with Crippen LogP contribution < -0.4 is 15.0 Å². The largest absolute Gasteiger partial charge is 0.481 e. The lowest BCUT2D eigenvalue weighted by atomic mass is 10.1. The Morgan fingerprint density at radius 3 is 2.38 bits per heavy atom. The molecule has 0 heterocycles. The number of rotatable bonds is 6. The Hall–Kier alpha value is -2.38. The van der Waals surface area contributed by atoms with E-state index in [1.165, 1.54) is 6.07 Å². The first kappa shape index (κ1) is 19.9. The second-order valence-electron chi connectivity index (χ2n) is 6.32. The molecule has 0 fully saturated rings. The third kappa shape index (κ3) is 4.62. The fraction of sp³-hybridized carbons (Fsp3) is 0.316. The van der Waals surface area contributed by atoms with Gasteiger partial charge in [-0.25, -0.2) is 8.42 Å². The zero-order valence-corrected chi connectivity index (χ0v) is 16.4. The monoisotopic (exact) mass is 376 g/mol. The third-order valence-corrected chi connectivity index (χ3v) is 5.56. The predicted octanol–water partition coefficient (Wildman–Crippen LogP) is 2.70. The summed E-state index contributed by atoms with van der Waals surface area (Å²) >= 11 is 0. The number of nitrogens with one attached hydrogen (secondary N) is 2. The molecule has 0 saturated carbocycles. The topological polar surface area (TPSA) is 84.5 Å². The summed E-state index contributed by atoms with van der Waals surface area (Å²) in [6.07, 6.45) is -0.864. The van der Waals surface area contributed by atoms with Crippen LogP contribution in [-0.2, 0) is 14.8 Å². The van der Waals surface area contributed by atoms with Crippen LogP contribution >= 0.6 is 0 Å². The van der Waals surface area contributed by atoms with Crippen molar-refractivity contribution in [1.82, 2.24) is 10.3 Å². The average Bonchev–Trinajstić information content (AvgIpc) is 2.56. The van der Waals surface area contributed by atoms with Gasteiger partial charge in [-0.15, -0.1) is 4.83 Å². The summed E-state index contributed by atoms with van der Waals surface area (Å²) in [6, 6.07) is 10.5.